The smallest absolute Gasteiger partial charge is 0.406 e. The van der Waals surface area contributed by atoms with E-state index in [2.05, 4.69) is 10.1 Å². The van der Waals surface area contributed by atoms with Crippen LogP contribution in [0, 0.1) is 5.82 Å². The summed E-state index contributed by atoms with van der Waals surface area (Å²) in [7, 11) is 0. The Kier molecular flexibility index (Phi) is 4.56. The molecule has 0 aliphatic heterocycles. The highest BCUT2D eigenvalue weighted by atomic mass is 35.5. The van der Waals surface area contributed by atoms with Crippen LogP contribution in [0.15, 0.2) is 42.5 Å². The van der Waals surface area contributed by atoms with Gasteiger partial charge in [-0.3, -0.25) is 4.79 Å². The third-order valence-electron chi connectivity index (χ3n) is 2.53. The van der Waals surface area contributed by atoms with Crippen LogP contribution in [0.25, 0.3) is 0 Å². The third kappa shape index (κ3) is 4.36. The quantitative estimate of drug-likeness (QED) is 0.832. The number of carbonyl (C=O) groups excluding carboxylic acids is 1. The molecular formula is C14H8ClF4NO2. The maximum absolute atomic E-state index is 13.5. The molecule has 0 fully saturated rings. The SMILES string of the molecule is O=C(Nc1cc(Cl)ccc1F)c1ccc(OC(F)(F)F)cc1. The maximum Gasteiger partial charge on any atom is 0.573 e. The molecule has 0 spiro atoms. The molecule has 2 rings (SSSR count). The van der Waals surface area contributed by atoms with Crippen LogP contribution in [0.2, 0.25) is 5.02 Å². The first-order valence-electron chi connectivity index (χ1n) is 5.87. The van der Waals surface area contributed by atoms with E-state index in [1.165, 1.54) is 12.1 Å². The number of hydrogen-bond acceptors (Lipinski definition) is 2. The van der Waals surface area contributed by atoms with Gasteiger partial charge in [0.1, 0.15) is 11.6 Å². The zero-order chi connectivity index (χ0) is 16.3. The Bertz CT molecular complexity index is 686. The highest BCUT2D eigenvalue weighted by Gasteiger charge is 2.31. The number of alkyl halides is 3. The molecule has 0 aliphatic rings. The van der Waals surface area contributed by atoms with Crippen molar-refractivity contribution in [2.24, 2.45) is 0 Å². The van der Waals surface area contributed by atoms with Gasteiger partial charge in [0.05, 0.1) is 5.69 Å². The zero-order valence-corrected chi connectivity index (χ0v) is 11.5. The summed E-state index contributed by atoms with van der Waals surface area (Å²) < 4.78 is 53.2. The van der Waals surface area contributed by atoms with E-state index in [0.29, 0.717) is 0 Å². The molecule has 2 aromatic carbocycles. The first-order chi connectivity index (χ1) is 10.2. The van der Waals surface area contributed by atoms with Crippen molar-refractivity contribution in [2.45, 2.75) is 6.36 Å². The third-order valence-corrected chi connectivity index (χ3v) is 2.76. The first kappa shape index (κ1) is 16.1. The van der Waals surface area contributed by atoms with Crippen molar-refractivity contribution >= 4 is 23.2 Å². The molecule has 0 bridgehead atoms. The van der Waals surface area contributed by atoms with Gasteiger partial charge in [-0.2, -0.15) is 0 Å². The number of ether oxygens (including phenoxy) is 1. The summed E-state index contributed by atoms with van der Waals surface area (Å²) in [6.45, 7) is 0. The summed E-state index contributed by atoms with van der Waals surface area (Å²) in [5.74, 6) is -1.84. The maximum atomic E-state index is 13.5. The van der Waals surface area contributed by atoms with Gasteiger partial charge in [0.25, 0.3) is 5.91 Å². The highest BCUT2D eigenvalue weighted by Crippen LogP contribution is 2.24. The lowest BCUT2D eigenvalue weighted by Gasteiger charge is -2.10. The molecule has 0 aromatic heterocycles. The minimum Gasteiger partial charge on any atom is -0.406 e. The van der Waals surface area contributed by atoms with Crippen LogP contribution in [-0.2, 0) is 0 Å². The predicted molar refractivity (Wildman–Crippen MR) is 72.5 cm³/mol. The van der Waals surface area contributed by atoms with E-state index in [0.717, 1.165) is 30.3 Å². The Balaban J connectivity index is 2.11. The molecule has 2 aromatic rings. The fraction of sp³-hybridized carbons (Fsp3) is 0.0714. The molecule has 0 unspecified atom stereocenters. The molecule has 0 radical (unpaired) electrons. The van der Waals surface area contributed by atoms with Crippen LogP contribution in [0.4, 0.5) is 23.2 Å². The summed E-state index contributed by atoms with van der Waals surface area (Å²) in [5, 5.41) is 2.50. The van der Waals surface area contributed by atoms with Crippen molar-refractivity contribution in [3.63, 3.8) is 0 Å². The van der Waals surface area contributed by atoms with Crippen LogP contribution < -0.4 is 10.1 Å². The fourth-order valence-electron chi connectivity index (χ4n) is 1.60. The Labute approximate surface area is 127 Å². The number of anilines is 1. The van der Waals surface area contributed by atoms with Crippen molar-refractivity contribution < 1.29 is 27.1 Å². The van der Waals surface area contributed by atoms with Crippen molar-refractivity contribution in [3.8, 4) is 5.75 Å². The number of nitrogens with one attached hydrogen (secondary N) is 1. The van der Waals surface area contributed by atoms with Gasteiger partial charge in [0, 0.05) is 10.6 Å². The lowest BCUT2D eigenvalue weighted by Crippen LogP contribution is -2.17. The second kappa shape index (κ2) is 6.23. The molecule has 0 heterocycles. The number of benzene rings is 2. The number of hydrogen-bond donors (Lipinski definition) is 1. The second-order valence-electron chi connectivity index (χ2n) is 4.15. The molecular weight excluding hydrogens is 326 g/mol. The monoisotopic (exact) mass is 333 g/mol. The van der Waals surface area contributed by atoms with E-state index < -0.39 is 23.8 Å². The second-order valence-corrected chi connectivity index (χ2v) is 4.59. The van der Waals surface area contributed by atoms with Crippen LogP contribution in [0.5, 0.6) is 5.75 Å². The summed E-state index contributed by atoms with van der Waals surface area (Å²) >= 11 is 5.69. The van der Waals surface area contributed by atoms with Crippen LogP contribution >= 0.6 is 11.6 Å². The van der Waals surface area contributed by atoms with Gasteiger partial charge in [-0.15, -0.1) is 13.2 Å². The van der Waals surface area contributed by atoms with E-state index in [4.69, 9.17) is 11.6 Å². The molecule has 0 atom stereocenters. The van der Waals surface area contributed by atoms with Crippen molar-refractivity contribution in [2.75, 3.05) is 5.32 Å². The van der Waals surface area contributed by atoms with Crippen LogP contribution in [-0.4, -0.2) is 12.3 Å². The van der Waals surface area contributed by atoms with Crippen LogP contribution in [0.1, 0.15) is 10.4 Å². The van der Waals surface area contributed by atoms with E-state index in [1.807, 2.05) is 0 Å². The molecule has 0 saturated carbocycles. The number of amides is 1. The van der Waals surface area contributed by atoms with Crippen molar-refractivity contribution in [3.05, 3.63) is 58.9 Å². The molecule has 3 nitrogen and oxygen atoms in total. The van der Waals surface area contributed by atoms with Gasteiger partial charge in [0.15, 0.2) is 0 Å². The van der Waals surface area contributed by atoms with Crippen molar-refractivity contribution in [1.29, 1.82) is 0 Å². The highest BCUT2D eigenvalue weighted by molar-refractivity contribution is 6.31. The van der Waals surface area contributed by atoms with E-state index in [9.17, 15) is 22.4 Å². The Morgan fingerprint density at radius 1 is 1.09 bits per heavy atom. The number of carbonyl (C=O) groups is 1. The van der Waals surface area contributed by atoms with E-state index in [1.54, 1.807) is 0 Å². The molecule has 22 heavy (non-hydrogen) atoms. The average molecular weight is 334 g/mol. The van der Waals surface area contributed by atoms with Crippen molar-refractivity contribution in [1.82, 2.24) is 0 Å². The predicted octanol–water partition coefficient (Wildman–Crippen LogP) is 4.63. The molecule has 116 valence electrons. The van der Waals surface area contributed by atoms with Gasteiger partial charge < -0.3 is 10.1 Å². The lowest BCUT2D eigenvalue weighted by atomic mass is 10.2. The Morgan fingerprint density at radius 3 is 2.32 bits per heavy atom. The molecule has 8 heteroatoms. The zero-order valence-electron chi connectivity index (χ0n) is 10.7. The van der Waals surface area contributed by atoms with Gasteiger partial charge in [-0.1, -0.05) is 11.6 Å². The van der Waals surface area contributed by atoms with E-state index in [-0.39, 0.29) is 16.3 Å². The number of rotatable bonds is 3. The minimum atomic E-state index is -4.81. The summed E-state index contributed by atoms with van der Waals surface area (Å²) in [4.78, 5) is 11.9. The van der Waals surface area contributed by atoms with Crippen LogP contribution in [0.3, 0.4) is 0 Å². The molecule has 1 amide bonds. The number of halogens is 5. The Morgan fingerprint density at radius 2 is 1.73 bits per heavy atom. The summed E-state index contributed by atoms with van der Waals surface area (Å²) in [6, 6.07) is 7.83. The summed E-state index contributed by atoms with van der Waals surface area (Å²) in [6.07, 6.45) is -4.81. The lowest BCUT2D eigenvalue weighted by molar-refractivity contribution is -0.274. The molecule has 1 N–H and O–H groups in total. The molecule has 0 aliphatic carbocycles. The first-order valence-corrected chi connectivity index (χ1v) is 6.24. The van der Waals surface area contributed by atoms with Gasteiger partial charge >= 0.3 is 6.36 Å². The fourth-order valence-corrected chi connectivity index (χ4v) is 1.77. The van der Waals surface area contributed by atoms with Gasteiger partial charge in [0.2, 0.25) is 0 Å². The summed E-state index contributed by atoms with van der Waals surface area (Å²) in [5.41, 5.74) is -0.0954. The van der Waals surface area contributed by atoms with Gasteiger partial charge in [-0.05, 0) is 42.5 Å². The Hall–Kier alpha value is -2.28. The normalized spacial score (nSPS) is 11.1. The molecule has 0 saturated heterocycles. The van der Waals surface area contributed by atoms with Gasteiger partial charge in [-0.25, -0.2) is 4.39 Å². The topological polar surface area (TPSA) is 38.3 Å². The minimum absolute atomic E-state index is 0.0360. The average Bonchev–Trinajstić information content (AvgIpc) is 2.42. The standard InChI is InChI=1S/C14H8ClF4NO2/c15-9-3-6-11(16)12(7-9)20-13(21)8-1-4-10(5-2-8)22-14(17,18)19/h1-7H,(H,20,21). The van der Waals surface area contributed by atoms with E-state index >= 15 is 0 Å². The largest absolute Gasteiger partial charge is 0.573 e.